The number of carbonyl (C=O) groups is 2. The molecule has 4 nitrogen and oxygen atoms in total. The molecule has 1 unspecified atom stereocenters. The fourth-order valence-electron chi connectivity index (χ4n) is 2.53. The molecule has 1 aliphatic heterocycles. The first-order chi connectivity index (χ1) is 10.1. The molecule has 0 saturated carbocycles. The molecule has 0 saturated heterocycles. The van der Waals surface area contributed by atoms with E-state index in [1.54, 1.807) is 12.1 Å². The number of imide groups is 1. The molecule has 1 aliphatic rings. The molecule has 0 fully saturated rings. The summed E-state index contributed by atoms with van der Waals surface area (Å²) >= 11 is 0. The lowest BCUT2D eigenvalue weighted by atomic mass is 10.1. The van der Waals surface area contributed by atoms with Crippen LogP contribution in [-0.2, 0) is 0 Å². The van der Waals surface area contributed by atoms with E-state index in [-0.39, 0.29) is 17.9 Å². The second-order valence-corrected chi connectivity index (χ2v) is 5.21. The summed E-state index contributed by atoms with van der Waals surface area (Å²) in [5, 5.41) is 3.36. The van der Waals surface area contributed by atoms with Gasteiger partial charge in [-0.1, -0.05) is 30.3 Å². The molecule has 2 aromatic rings. The van der Waals surface area contributed by atoms with Crippen molar-refractivity contribution in [1.29, 1.82) is 0 Å². The van der Waals surface area contributed by atoms with Crippen LogP contribution in [0.4, 0.5) is 5.69 Å². The predicted octanol–water partition coefficient (Wildman–Crippen LogP) is 3.09. The van der Waals surface area contributed by atoms with Crippen LogP contribution in [0.5, 0.6) is 0 Å². The van der Waals surface area contributed by atoms with Gasteiger partial charge in [0.1, 0.15) is 0 Å². The van der Waals surface area contributed by atoms with Crippen LogP contribution < -0.4 is 5.32 Å². The Morgan fingerprint density at radius 3 is 2.33 bits per heavy atom. The van der Waals surface area contributed by atoms with Crippen molar-refractivity contribution in [2.75, 3.05) is 12.4 Å². The molecule has 1 heterocycles. The largest absolute Gasteiger partial charge is 0.379 e. The zero-order valence-electron chi connectivity index (χ0n) is 12.0. The molecule has 0 aromatic heterocycles. The Bertz CT molecular complexity index is 710. The third-order valence-corrected chi connectivity index (χ3v) is 3.77. The van der Waals surface area contributed by atoms with Gasteiger partial charge in [0.2, 0.25) is 0 Å². The van der Waals surface area contributed by atoms with E-state index in [4.69, 9.17) is 0 Å². The number of hydrogen-bond donors (Lipinski definition) is 1. The van der Waals surface area contributed by atoms with E-state index in [9.17, 15) is 9.59 Å². The quantitative estimate of drug-likeness (QED) is 0.879. The highest BCUT2D eigenvalue weighted by molar-refractivity contribution is 6.21. The smallest absolute Gasteiger partial charge is 0.261 e. The Morgan fingerprint density at radius 2 is 1.62 bits per heavy atom. The average Bonchev–Trinajstić information content (AvgIpc) is 2.73. The van der Waals surface area contributed by atoms with Gasteiger partial charge in [-0.25, -0.2) is 0 Å². The van der Waals surface area contributed by atoms with Gasteiger partial charge in [-0.15, -0.1) is 0 Å². The van der Waals surface area contributed by atoms with Gasteiger partial charge in [-0.2, -0.15) is 0 Å². The molecule has 21 heavy (non-hydrogen) atoms. The molecule has 0 aliphatic carbocycles. The minimum Gasteiger partial charge on any atom is -0.379 e. The van der Waals surface area contributed by atoms with Crippen LogP contribution in [0.1, 0.15) is 39.2 Å². The molecule has 0 bridgehead atoms. The number of rotatable bonds is 3. The van der Waals surface area contributed by atoms with E-state index in [1.165, 1.54) is 7.05 Å². The highest BCUT2D eigenvalue weighted by Crippen LogP contribution is 2.26. The van der Waals surface area contributed by atoms with Gasteiger partial charge >= 0.3 is 0 Å². The van der Waals surface area contributed by atoms with Crippen molar-refractivity contribution >= 4 is 17.5 Å². The van der Waals surface area contributed by atoms with Crippen molar-refractivity contribution in [2.24, 2.45) is 0 Å². The summed E-state index contributed by atoms with van der Waals surface area (Å²) in [7, 11) is 1.50. The third kappa shape index (κ3) is 2.29. The highest BCUT2D eigenvalue weighted by Gasteiger charge is 2.32. The predicted molar refractivity (Wildman–Crippen MR) is 81.3 cm³/mol. The molecule has 2 amide bonds. The number of nitrogens with one attached hydrogen (secondary N) is 1. The van der Waals surface area contributed by atoms with E-state index < -0.39 is 0 Å². The minimum atomic E-state index is -0.244. The molecule has 1 N–H and O–H groups in total. The SMILES string of the molecule is CC(Nc1ccc2c(c1)C(=O)N(C)C2=O)c1ccccc1. The van der Waals surface area contributed by atoms with Crippen LogP contribution in [0.25, 0.3) is 0 Å². The fourth-order valence-corrected chi connectivity index (χ4v) is 2.53. The number of carbonyl (C=O) groups excluding carboxylic acids is 2. The molecular weight excluding hydrogens is 264 g/mol. The first-order valence-corrected chi connectivity index (χ1v) is 6.86. The zero-order valence-corrected chi connectivity index (χ0v) is 12.0. The monoisotopic (exact) mass is 280 g/mol. The number of nitrogens with zero attached hydrogens (tertiary/aromatic N) is 1. The Kier molecular flexibility index (Phi) is 3.22. The van der Waals surface area contributed by atoms with Crippen LogP contribution in [0, 0.1) is 0 Å². The molecule has 106 valence electrons. The molecule has 4 heteroatoms. The van der Waals surface area contributed by atoms with Gasteiger partial charge in [0.25, 0.3) is 11.8 Å². The molecule has 1 atom stereocenters. The number of benzene rings is 2. The second kappa shape index (κ2) is 5.05. The topological polar surface area (TPSA) is 49.4 Å². The summed E-state index contributed by atoms with van der Waals surface area (Å²) in [6.07, 6.45) is 0. The van der Waals surface area contributed by atoms with Gasteiger partial charge < -0.3 is 5.32 Å². The minimum absolute atomic E-state index is 0.120. The lowest BCUT2D eigenvalue weighted by Crippen LogP contribution is -2.24. The summed E-state index contributed by atoms with van der Waals surface area (Å²) in [5.74, 6) is -0.483. The number of fused-ring (bicyclic) bond motifs is 1. The standard InChI is InChI=1S/C17H16N2O2/c1-11(12-6-4-3-5-7-12)18-13-8-9-14-15(10-13)17(21)19(2)16(14)20/h3-11,18H,1-2H3. The van der Waals surface area contributed by atoms with Crippen LogP contribution in [-0.4, -0.2) is 23.8 Å². The summed E-state index contributed by atoms with van der Waals surface area (Å²) in [5.41, 5.74) is 2.94. The summed E-state index contributed by atoms with van der Waals surface area (Å²) in [6, 6.07) is 15.5. The Labute approximate surface area is 123 Å². The Morgan fingerprint density at radius 1 is 0.952 bits per heavy atom. The van der Waals surface area contributed by atoms with Gasteiger partial charge in [0.05, 0.1) is 11.1 Å². The molecule has 3 rings (SSSR count). The highest BCUT2D eigenvalue weighted by atomic mass is 16.2. The fraction of sp³-hybridized carbons (Fsp3) is 0.176. The molecule has 0 radical (unpaired) electrons. The van der Waals surface area contributed by atoms with E-state index in [1.807, 2.05) is 36.4 Å². The third-order valence-electron chi connectivity index (χ3n) is 3.77. The van der Waals surface area contributed by atoms with Crippen molar-refractivity contribution in [3.05, 3.63) is 65.2 Å². The summed E-state index contributed by atoms with van der Waals surface area (Å²) in [4.78, 5) is 25.0. The Balaban J connectivity index is 1.86. The van der Waals surface area contributed by atoms with Crippen molar-refractivity contribution < 1.29 is 9.59 Å². The Hall–Kier alpha value is -2.62. The van der Waals surface area contributed by atoms with Crippen molar-refractivity contribution in [3.63, 3.8) is 0 Å². The first-order valence-electron chi connectivity index (χ1n) is 6.86. The maximum absolute atomic E-state index is 12.0. The first kappa shape index (κ1) is 13.4. The number of amides is 2. The van der Waals surface area contributed by atoms with E-state index in [0.717, 1.165) is 16.2 Å². The van der Waals surface area contributed by atoms with Crippen LogP contribution >= 0.6 is 0 Å². The molecule has 2 aromatic carbocycles. The lowest BCUT2D eigenvalue weighted by molar-refractivity contribution is 0.0693. The van der Waals surface area contributed by atoms with Gasteiger partial charge in [-0.05, 0) is 30.7 Å². The maximum Gasteiger partial charge on any atom is 0.261 e. The normalized spacial score (nSPS) is 15.0. The van der Waals surface area contributed by atoms with Crippen molar-refractivity contribution in [1.82, 2.24) is 4.90 Å². The second-order valence-electron chi connectivity index (χ2n) is 5.21. The molecular formula is C17H16N2O2. The van der Waals surface area contributed by atoms with Crippen LogP contribution in [0.3, 0.4) is 0 Å². The van der Waals surface area contributed by atoms with E-state index in [2.05, 4.69) is 12.2 Å². The van der Waals surface area contributed by atoms with Gasteiger partial charge in [-0.3, -0.25) is 14.5 Å². The van der Waals surface area contributed by atoms with E-state index >= 15 is 0 Å². The summed E-state index contributed by atoms with van der Waals surface area (Å²) in [6.45, 7) is 2.06. The average molecular weight is 280 g/mol. The van der Waals surface area contributed by atoms with Gasteiger partial charge in [0.15, 0.2) is 0 Å². The van der Waals surface area contributed by atoms with Crippen molar-refractivity contribution in [2.45, 2.75) is 13.0 Å². The number of hydrogen-bond acceptors (Lipinski definition) is 3. The zero-order chi connectivity index (χ0) is 15.0. The van der Waals surface area contributed by atoms with E-state index in [0.29, 0.717) is 11.1 Å². The van der Waals surface area contributed by atoms with Crippen LogP contribution in [0.15, 0.2) is 48.5 Å². The molecule has 0 spiro atoms. The van der Waals surface area contributed by atoms with Gasteiger partial charge in [0, 0.05) is 18.8 Å². The summed E-state index contributed by atoms with van der Waals surface area (Å²) < 4.78 is 0. The lowest BCUT2D eigenvalue weighted by Gasteiger charge is -2.16. The van der Waals surface area contributed by atoms with Crippen LogP contribution in [0.2, 0.25) is 0 Å². The maximum atomic E-state index is 12.0. The number of anilines is 1. The van der Waals surface area contributed by atoms with Crippen molar-refractivity contribution in [3.8, 4) is 0 Å².